The van der Waals surface area contributed by atoms with Gasteiger partial charge >= 0.3 is 0 Å². The van der Waals surface area contributed by atoms with Gasteiger partial charge in [0.05, 0.1) is 10.8 Å². The van der Waals surface area contributed by atoms with Crippen LogP contribution in [-0.2, 0) is 15.6 Å². The fraction of sp³-hybridized carbons (Fsp3) is 0.0500. The Kier molecular flexibility index (Phi) is 5.78. The Morgan fingerprint density at radius 3 is 2.00 bits per heavy atom. The van der Waals surface area contributed by atoms with Crippen molar-refractivity contribution < 1.29 is 13.7 Å². The predicted octanol–water partition coefficient (Wildman–Crippen LogP) is 3.16. The van der Waals surface area contributed by atoms with E-state index in [1.165, 1.54) is 0 Å². The number of ether oxygens (including phenoxy) is 1. The number of nitrogens with one attached hydrogen (secondary N) is 1. The molecule has 0 spiro atoms. The van der Waals surface area contributed by atoms with Crippen LogP contribution < -0.4 is 15.8 Å². The SMILES string of the molecule is NC(Oc1ccccc1)C(=O)Nc1ccc(S(=O)c2ccccc2)cc1. The molecule has 0 aromatic heterocycles. The monoisotopic (exact) mass is 366 g/mol. The van der Waals surface area contributed by atoms with E-state index in [2.05, 4.69) is 5.32 Å². The summed E-state index contributed by atoms with van der Waals surface area (Å²) in [5.74, 6) is 0.0505. The van der Waals surface area contributed by atoms with Gasteiger partial charge in [-0.15, -0.1) is 0 Å². The minimum absolute atomic E-state index is 0.467. The van der Waals surface area contributed by atoms with Crippen molar-refractivity contribution in [1.29, 1.82) is 0 Å². The molecule has 132 valence electrons. The molecule has 3 aromatic carbocycles. The number of para-hydroxylation sites is 1. The molecule has 5 nitrogen and oxygen atoms in total. The van der Waals surface area contributed by atoms with Gasteiger partial charge in [-0.3, -0.25) is 10.5 Å². The highest BCUT2D eigenvalue weighted by Gasteiger charge is 2.15. The molecule has 0 aliphatic heterocycles. The van der Waals surface area contributed by atoms with Gasteiger partial charge in [-0.2, -0.15) is 0 Å². The number of nitrogens with two attached hydrogens (primary N) is 1. The number of rotatable bonds is 6. The molecule has 2 unspecified atom stereocenters. The Balaban J connectivity index is 1.62. The number of carbonyl (C=O) groups is 1. The second kappa shape index (κ2) is 8.42. The number of hydrogen-bond donors (Lipinski definition) is 2. The molecule has 0 saturated carbocycles. The van der Waals surface area contributed by atoms with Gasteiger partial charge in [0, 0.05) is 15.5 Å². The van der Waals surface area contributed by atoms with E-state index in [-0.39, 0.29) is 0 Å². The molecule has 1 amide bonds. The number of amides is 1. The first-order chi connectivity index (χ1) is 12.6. The van der Waals surface area contributed by atoms with E-state index in [9.17, 15) is 9.00 Å². The van der Waals surface area contributed by atoms with Gasteiger partial charge in [-0.1, -0.05) is 36.4 Å². The van der Waals surface area contributed by atoms with E-state index in [0.717, 1.165) is 4.90 Å². The lowest BCUT2D eigenvalue weighted by atomic mass is 10.3. The summed E-state index contributed by atoms with van der Waals surface area (Å²) in [5, 5.41) is 2.68. The topological polar surface area (TPSA) is 81.4 Å². The fourth-order valence-corrected chi connectivity index (χ4v) is 3.31. The van der Waals surface area contributed by atoms with Crippen LogP contribution in [0.2, 0.25) is 0 Å². The molecule has 0 radical (unpaired) electrons. The second-order valence-corrected chi connectivity index (χ2v) is 6.93. The molecule has 0 fully saturated rings. The van der Waals surface area contributed by atoms with Gasteiger partial charge in [0.15, 0.2) is 0 Å². The van der Waals surface area contributed by atoms with Crippen molar-refractivity contribution in [2.75, 3.05) is 5.32 Å². The standard InChI is InChI=1S/C20H18N2O3S/c21-19(25-16-7-3-1-4-8-16)20(23)22-15-11-13-18(14-12-15)26(24)17-9-5-2-6-10-17/h1-14,19H,21H2,(H,22,23). The second-order valence-electron chi connectivity index (χ2n) is 5.45. The Labute approximate surface area is 154 Å². The normalized spacial score (nSPS) is 12.8. The van der Waals surface area contributed by atoms with Gasteiger partial charge in [-0.05, 0) is 48.5 Å². The first-order valence-electron chi connectivity index (χ1n) is 7.98. The maximum atomic E-state index is 12.5. The summed E-state index contributed by atoms with van der Waals surface area (Å²) < 4.78 is 17.9. The quantitative estimate of drug-likeness (QED) is 0.657. The molecule has 3 rings (SSSR count). The van der Waals surface area contributed by atoms with Crippen LogP contribution in [0.1, 0.15) is 0 Å². The van der Waals surface area contributed by atoms with Crippen molar-refractivity contribution in [3.05, 3.63) is 84.9 Å². The highest BCUT2D eigenvalue weighted by atomic mass is 32.2. The number of carbonyl (C=O) groups excluding carboxylic acids is 1. The number of anilines is 1. The first kappa shape index (κ1) is 17.8. The minimum Gasteiger partial charge on any atom is -0.466 e. The maximum absolute atomic E-state index is 12.5. The van der Waals surface area contributed by atoms with Crippen molar-refractivity contribution in [2.45, 2.75) is 16.0 Å². The summed E-state index contributed by atoms with van der Waals surface area (Å²) in [4.78, 5) is 13.5. The maximum Gasteiger partial charge on any atom is 0.280 e. The molecule has 0 heterocycles. The van der Waals surface area contributed by atoms with Gasteiger partial charge in [-0.25, -0.2) is 4.21 Å². The van der Waals surface area contributed by atoms with E-state index >= 15 is 0 Å². The van der Waals surface area contributed by atoms with Crippen LogP contribution >= 0.6 is 0 Å². The summed E-state index contributed by atoms with van der Waals surface area (Å²) in [6.45, 7) is 0. The summed E-state index contributed by atoms with van der Waals surface area (Å²) in [5.41, 5.74) is 6.32. The lowest BCUT2D eigenvalue weighted by molar-refractivity contribution is -0.122. The van der Waals surface area contributed by atoms with E-state index < -0.39 is 22.9 Å². The lowest BCUT2D eigenvalue weighted by Gasteiger charge is -2.14. The van der Waals surface area contributed by atoms with Crippen molar-refractivity contribution >= 4 is 22.4 Å². The summed E-state index contributed by atoms with van der Waals surface area (Å²) in [6.07, 6.45) is -1.13. The third-order valence-corrected chi connectivity index (χ3v) is 4.96. The van der Waals surface area contributed by atoms with Gasteiger partial charge < -0.3 is 10.1 Å². The Hall–Kier alpha value is -2.96. The summed E-state index contributed by atoms with van der Waals surface area (Å²) >= 11 is 0. The smallest absolute Gasteiger partial charge is 0.280 e. The van der Waals surface area contributed by atoms with Crippen LogP contribution in [0.5, 0.6) is 5.75 Å². The third-order valence-electron chi connectivity index (χ3n) is 3.56. The van der Waals surface area contributed by atoms with Gasteiger partial charge in [0.2, 0.25) is 6.23 Å². The van der Waals surface area contributed by atoms with Crippen molar-refractivity contribution in [3.63, 3.8) is 0 Å². The Morgan fingerprint density at radius 1 is 0.846 bits per heavy atom. The van der Waals surface area contributed by atoms with Gasteiger partial charge in [0.1, 0.15) is 5.75 Å². The van der Waals surface area contributed by atoms with E-state index in [4.69, 9.17) is 10.5 Å². The van der Waals surface area contributed by atoms with E-state index in [1.807, 2.05) is 36.4 Å². The Bertz CT molecular complexity index is 884. The molecular weight excluding hydrogens is 348 g/mol. The molecule has 6 heteroatoms. The molecule has 2 atom stereocenters. The summed E-state index contributed by atoms with van der Waals surface area (Å²) in [6, 6.07) is 24.9. The number of hydrogen-bond acceptors (Lipinski definition) is 4. The molecule has 0 aliphatic carbocycles. The van der Waals surface area contributed by atoms with Crippen LogP contribution in [0.4, 0.5) is 5.69 Å². The van der Waals surface area contributed by atoms with Crippen LogP contribution in [-0.4, -0.2) is 16.3 Å². The fourth-order valence-electron chi connectivity index (χ4n) is 2.25. The zero-order valence-corrected chi connectivity index (χ0v) is 14.7. The highest BCUT2D eigenvalue weighted by molar-refractivity contribution is 7.85. The molecule has 3 aromatic rings. The minimum atomic E-state index is -1.27. The van der Waals surface area contributed by atoms with E-state index in [0.29, 0.717) is 16.3 Å². The number of benzene rings is 3. The van der Waals surface area contributed by atoms with E-state index in [1.54, 1.807) is 48.5 Å². The molecule has 26 heavy (non-hydrogen) atoms. The van der Waals surface area contributed by atoms with Crippen LogP contribution in [0.25, 0.3) is 0 Å². The third kappa shape index (κ3) is 4.56. The highest BCUT2D eigenvalue weighted by Crippen LogP contribution is 2.18. The lowest BCUT2D eigenvalue weighted by Crippen LogP contribution is -2.40. The molecule has 0 saturated heterocycles. The molecule has 3 N–H and O–H groups in total. The predicted molar refractivity (Wildman–Crippen MR) is 101 cm³/mol. The first-order valence-corrected chi connectivity index (χ1v) is 9.13. The zero-order chi connectivity index (χ0) is 18.4. The van der Waals surface area contributed by atoms with Crippen LogP contribution in [0, 0.1) is 0 Å². The molecule has 0 bridgehead atoms. The zero-order valence-electron chi connectivity index (χ0n) is 13.9. The van der Waals surface area contributed by atoms with Crippen LogP contribution in [0.3, 0.4) is 0 Å². The average Bonchev–Trinajstić information content (AvgIpc) is 2.69. The molecular formula is C20H18N2O3S. The van der Waals surface area contributed by atoms with Crippen molar-refractivity contribution in [2.24, 2.45) is 5.73 Å². The molecule has 0 aliphatic rings. The Morgan fingerprint density at radius 2 is 1.38 bits per heavy atom. The van der Waals surface area contributed by atoms with Crippen LogP contribution in [0.15, 0.2) is 94.7 Å². The summed E-state index contributed by atoms with van der Waals surface area (Å²) in [7, 11) is -1.27. The average molecular weight is 366 g/mol. The van der Waals surface area contributed by atoms with Crippen molar-refractivity contribution in [1.82, 2.24) is 0 Å². The van der Waals surface area contributed by atoms with Crippen molar-refractivity contribution in [3.8, 4) is 5.75 Å². The largest absolute Gasteiger partial charge is 0.466 e. The van der Waals surface area contributed by atoms with Gasteiger partial charge in [0.25, 0.3) is 5.91 Å².